The minimum Gasteiger partial charge on any atom is -0.497 e. The van der Waals surface area contributed by atoms with Gasteiger partial charge in [0.1, 0.15) is 17.3 Å². The molecule has 9 nitrogen and oxygen atoms in total. The number of hydrogen-bond donors (Lipinski definition) is 2. The monoisotopic (exact) mass is 491 g/mol. The second kappa shape index (κ2) is 11.5. The Kier molecular flexibility index (Phi) is 8.65. The van der Waals surface area contributed by atoms with E-state index in [0.29, 0.717) is 31.6 Å². The molecule has 0 spiro atoms. The van der Waals surface area contributed by atoms with Crippen molar-refractivity contribution in [2.45, 2.75) is 41.7 Å². The summed E-state index contributed by atoms with van der Waals surface area (Å²) in [5.41, 5.74) is 2.41. The molecule has 1 amide bonds. The van der Waals surface area contributed by atoms with Crippen LogP contribution < -0.4 is 15.0 Å². The number of carbonyl (C=O) groups is 2. The van der Waals surface area contributed by atoms with Gasteiger partial charge in [-0.15, -0.1) is 0 Å². The van der Waals surface area contributed by atoms with Crippen LogP contribution in [-0.4, -0.2) is 57.0 Å². The van der Waals surface area contributed by atoms with Crippen molar-refractivity contribution in [3.63, 3.8) is 0 Å². The number of carbonyl (C=O) groups excluding carboxylic acids is 2. The van der Waals surface area contributed by atoms with Gasteiger partial charge in [0.05, 0.1) is 18.6 Å². The summed E-state index contributed by atoms with van der Waals surface area (Å²) < 4.78 is 40.6. The fraction of sp³-hybridized carbons (Fsp3) is 0.417. The van der Waals surface area contributed by atoms with Crippen molar-refractivity contribution in [3.8, 4) is 11.5 Å². The van der Waals surface area contributed by atoms with Crippen LogP contribution >= 0.6 is 0 Å². The molecule has 10 heteroatoms. The molecule has 2 N–H and O–H groups in total. The lowest BCUT2D eigenvalue weighted by molar-refractivity contribution is -0.134. The van der Waals surface area contributed by atoms with E-state index in [-0.39, 0.29) is 36.7 Å². The lowest BCUT2D eigenvalue weighted by atomic mass is 9.98. The molecule has 3 rings (SSSR count). The molecule has 0 radical (unpaired) electrons. The molecule has 0 bridgehead atoms. The summed E-state index contributed by atoms with van der Waals surface area (Å²) in [6.45, 7) is 0.505. The first-order valence-electron chi connectivity index (χ1n) is 11.0. The van der Waals surface area contributed by atoms with Crippen LogP contribution in [0.2, 0.25) is 0 Å². The summed E-state index contributed by atoms with van der Waals surface area (Å²) >= 11 is 0. The second-order valence-electron chi connectivity index (χ2n) is 8.04. The molecule has 1 fully saturated rings. The van der Waals surface area contributed by atoms with E-state index < -0.39 is 20.5 Å². The highest BCUT2D eigenvalue weighted by atomic mass is 32.2. The van der Waals surface area contributed by atoms with Crippen LogP contribution in [0.5, 0.6) is 11.5 Å². The van der Waals surface area contributed by atoms with Crippen molar-refractivity contribution in [1.29, 1.82) is 0 Å². The smallest absolute Gasteiger partial charge is 0.265 e. The topological polar surface area (TPSA) is 128 Å². The number of ketones is 1. The molecular formula is C24H29NO8S. The number of methoxy groups -OCH3 is 1. The van der Waals surface area contributed by atoms with E-state index in [1.165, 1.54) is 29.7 Å². The number of amides is 1. The molecule has 0 atom stereocenters. The first-order chi connectivity index (χ1) is 16.3. The van der Waals surface area contributed by atoms with Crippen molar-refractivity contribution in [2.75, 3.05) is 26.9 Å². The molecule has 2 aromatic rings. The third kappa shape index (κ3) is 5.75. The van der Waals surface area contributed by atoms with E-state index in [1.54, 1.807) is 7.11 Å². The Bertz CT molecular complexity index is 1070. The van der Waals surface area contributed by atoms with Crippen molar-refractivity contribution >= 4 is 21.5 Å². The number of benzene rings is 2. The normalized spacial score (nSPS) is 15.4. The van der Waals surface area contributed by atoms with Gasteiger partial charge in [0.25, 0.3) is 5.91 Å². The molecule has 1 aliphatic rings. The number of Topliss-reactive ketones (excluding diaryl/α,β-unsaturated/α-hetero) is 1. The quantitative estimate of drug-likeness (QED) is 0.279. The summed E-state index contributed by atoms with van der Waals surface area (Å²) in [5, 5.41) is 9.12. The number of rotatable bonds is 11. The summed E-state index contributed by atoms with van der Waals surface area (Å²) in [6, 6.07) is 13.1. The summed E-state index contributed by atoms with van der Waals surface area (Å²) in [5.74, 6) is 0.326. The van der Waals surface area contributed by atoms with Crippen LogP contribution in [0.25, 0.3) is 0 Å². The van der Waals surface area contributed by atoms with Gasteiger partial charge in [-0.2, -0.15) is 0 Å². The highest BCUT2D eigenvalue weighted by Crippen LogP contribution is 2.35. The molecule has 0 aromatic heterocycles. The second-order valence-corrected chi connectivity index (χ2v) is 10.3. The zero-order valence-electron chi connectivity index (χ0n) is 19.0. The van der Waals surface area contributed by atoms with Crippen molar-refractivity contribution in [1.82, 2.24) is 5.48 Å². The molecule has 2 aromatic carbocycles. The molecule has 0 aliphatic carbocycles. The Morgan fingerprint density at radius 3 is 2.24 bits per heavy atom. The van der Waals surface area contributed by atoms with Gasteiger partial charge in [0, 0.05) is 26.1 Å². The van der Waals surface area contributed by atoms with Gasteiger partial charge >= 0.3 is 0 Å². The van der Waals surface area contributed by atoms with Gasteiger partial charge in [-0.25, -0.2) is 13.9 Å². The van der Waals surface area contributed by atoms with Crippen molar-refractivity contribution < 1.29 is 37.4 Å². The number of hydrogen-bond acceptors (Lipinski definition) is 8. The predicted octanol–water partition coefficient (Wildman–Crippen LogP) is 2.49. The Balaban J connectivity index is 1.53. The highest BCUT2D eigenvalue weighted by molar-refractivity contribution is 7.93. The number of ether oxygens (including phenoxy) is 3. The maximum atomic E-state index is 13.2. The van der Waals surface area contributed by atoms with Crippen molar-refractivity contribution in [2.24, 2.45) is 0 Å². The molecule has 184 valence electrons. The minimum absolute atomic E-state index is 0.0416. The fourth-order valence-corrected chi connectivity index (χ4v) is 5.82. The van der Waals surface area contributed by atoms with Gasteiger partial charge in [-0.05, 0) is 61.2 Å². The zero-order valence-corrected chi connectivity index (χ0v) is 19.8. The van der Waals surface area contributed by atoms with E-state index in [0.717, 1.165) is 11.3 Å². The Labute approximate surface area is 198 Å². The maximum Gasteiger partial charge on any atom is 0.265 e. The van der Waals surface area contributed by atoms with Crippen LogP contribution in [0, 0.1) is 0 Å². The van der Waals surface area contributed by atoms with Gasteiger partial charge in [-0.1, -0.05) is 12.1 Å². The van der Waals surface area contributed by atoms with Gasteiger partial charge in [-0.3, -0.25) is 14.8 Å². The Morgan fingerprint density at radius 2 is 1.65 bits per heavy atom. The first-order valence-corrected chi connectivity index (χ1v) is 12.4. The minimum atomic E-state index is -4.08. The molecule has 1 aliphatic heterocycles. The maximum absolute atomic E-state index is 13.2. The standard InChI is InChI=1S/C24H29NO8S/c1-31-20-6-4-18(5-7-20)17-19(26)3-2-14-33-21-8-10-22(11-9-21)34(29,30)24(23(27)25-28)12-15-32-16-13-24/h4-11,28H,2-3,12-17H2,1H3,(H,25,27). The van der Waals surface area contributed by atoms with E-state index in [1.807, 2.05) is 24.3 Å². The number of nitrogens with one attached hydrogen (secondary N) is 1. The molecule has 0 unspecified atom stereocenters. The van der Waals surface area contributed by atoms with E-state index in [4.69, 9.17) is 19.4 Å². The molecular weight excluding hydrogens is 462 g/mol. The summed E-state index contributed by atoms with van der Waals surface area (Å²) in [4.78, 5) is 24.4. The lowest BCUT2D eigenvalue weighted by Crippen LogP contribution is -2.54. The SMILES string of the molecule is COc1ccc(CC(=O)CCCOc2ccc(S(=O)(=O)C3(C(=O)NO)CCOCC3)cc2)cc1. The van der Waals surface area contributed by atoms with Crippen molar-refractivity contribution in [3.05, 3.63) is 54.1 Å². The third-order valence-corrected chi connectivity index (χ3v) is 8.41. The van der Waals surface area contributed by atoms with E-state index in [9.17, 15) is 18.0 Å². The van der Waals surface area contributed by atoms with Gasteiger partial charge in [0.2, 0.25) is 0 Å². The highest BCUT2D eigenvalue weighted by Gasteiger charge is 2.52. The largest absolute Gasteiger partial charge is 0.497 e. The molecule has 34 heavy (non-hydrogen) atoms. The number of sulfone groups is 1. The summed E-state index contributed by atoms with van der Waals surface area (Å²) in [6.07, 6.45) is 1.12. The van der Waals surface area contributed by atoms with E-state index in [2.05, 4.69) is 0 Å². The fourth-order valence-electron chi connectivity index (χ4n) is 3.88. The Morgan fingerprint density at radius 1 is 1.03 bits per heavy atom. The zero-order chi connectivity index (χ0) is 24.6. The molecule has 1 saturated heterocycles. The van der Waals surface area contributed by atoms with Crippen LogP contribution in [0.1, 0.15) is 31.2 Å². The van der Waals surface area contributed by atoms with Crippen LogP contribution in [0.4, 0.5) is 0 Å². The summed E-state index contributed by atoms with van der Waals surface area (Å²) in [7, 11) is -2.49. The lowest BCUT2D eigenvalue weighted by Gasteiger charge is -2.34. The third-order valence-electron chi connectivity index (χ3n) is 5.89. The van der Waals surface area contributed by atoms with Gasteiger partial charge in [0.15, 0.2) is 14.6 Å². The van der Waals surface area contributed by atoms with E-state index >= 15 is 0 Å². The van der Waals surface area contributed by atoms with Crippen LogP contribution in [0.15, 0.2) is 53.4 Å². The van der Waals surface area contributed by atoms with Crippen LogP contribution in [-0.2, 0) is 30.6 Å². The Hall–Kier alpha value is -2.95. The average Bonchev–Trinajstić information content (AvgIpc) is 2.87. The number of hydroxylamine groups is 1. The average molecular weight is 492 g/mol. The van der Waals surface area contributed by atoms with Gasteiger partial charge < -0.3 is 14.2 Å². The van der Waals surface area contributed by atoms with Crippen LogP contribution in [0.3, 0.4) is 0 Å². The predicted molar refractivity (Wildman–Crippen MR) is 123 cm³/mol. The molecule has 1 heterocycles. The first kappa shape index (κ1) is 25.7. The molecule has 0 saturated carbocycles.